The van der Waals surface area contributed by atoms with E-state index in [4.69, 9.17) is 16.9 Å². The Morgan fingerprint density at radius 1 is 1.43 bits per heavy atom. The highest BCUT2D eigenvalue weighted by Crippen LogP contribution is 2.22. The summed E-state index contributed by atoms with van der Waals surface area (Å²) >= 11 is 3.34. The van der Waals surface area contributed by atoms with Gasteiger partial charge < -0.3 is 10.5 Å². The Hall–Kier alpha value is -1.14. The number of nitrogens with two attached hydrogens (primary N) is 1. The first kappa shape index (κ1) is 10.9. The highest BCUT2D eigenvalue weighted by atomic mass is 79.9. The van der Waals surface area contributed by atoms with Crippen molar-refractivity contribution < 1.29 is 4.74 Å². The molecular formula is C11H12BrNO. The van der Waals surface area contributed by atoms with Crippen molar-refractivity contribution in [2.45, 2.75) is 12.8 Å². The normalized spacial score (nSPS) is 9.43. The lowest BCUT2D eigenvalue weighted by Crippen LogP contribution is -1.97. The number of terminal acetylenes is 1. The lowest BCUT2D eigenvalue weighted by Gasteiger charge is -2.06. The van der Waals surface area contributed by atoms with Crippen LogP contribution in [-0.4, -0.2) is 6.61 Å². The number of hydrogen-bond acceptors (Lipinski definition) is 2. The van der Waals surface area contributed by atoms with E-state index in [9.17, 15) is 0 Å². The third-order valence-corrected chi connectivity index (χ3v) is 2.09. The molecule has 2 nitrogen and oxygen atoms in total. The van der Waals surface area contributed by atoms with Crippen LogP contribution in [0.3, 0.4) is 0 Å². The molecule has 0 aliphatic carbocycles. The number of nitrogen functional groups attached to an aromatic ring is 1. The first-order valence-corrected chi connectivity index (χ1v) is 5.14. The number of anilines is 1. The van der Waals surface area contributed by atoms with Gasteiger partial charge in [0.25, 0.3) is 0 Å². The Labute approximate surface area is 92.6 Å². The van der Waals surface area contributed by atoms with Crippen LogP contribution in [0.1, 0.15) is 12.8 Å². The second-order valence-corrected chi connectivity index (χ2v) is 3.79. The van der Waals surface area contributed by atoms with E-state index in [1.165, 1.54) is 0 Å². The first-order valence-electron chi connectivity index (χ1n) is 4.34. The van der Waals surface area contributed by atoms with E-state index >= 15 is 0 Å². The van der Waals surface area contributed by atoms with Gasteiger partial charge in [-0.3, -0.25) is 0 Å². The Kier molecular flexibility index (Phi) is 4.34. The van der Waals surface area contributed by atoms with E-state index in [1.54, 1.807) is 6.07 Å². The molecule has 0 amide bonds. The minimum absolute atomic E-state index is 0.625. The van der Waals surface area contributed by atoms with Crippen LogP contribution in [0.4, 0.5) is 5.69 Å². The third kappa shape index (κ3) is 3.71. The predicted octanol–water partition coefficient (Wildman–Crippen LogP) is 2.82. The maximum absolute atomic E-state index is 5.65. The number of benzene rings is 1. The van der Waals surface area contributed by atoms with Gasteiger partial charge in [0.1, 0.15) is 5.75 Å². The summed E-state index contributed by atoms with van der Waals surface area (Å²) in [5.74, 6) is 3.33. The fraction of sp³-hybridized carbons (Fsp3) is 0.273. The van der Waals surface area contributed by atoms with Gasteiger partial charge in [-0.2, -0.15) is 0 Å². The molecular weight excluding hydrogens is 242 g/mol. The molecule has 1 rings (SSSR count). The number of unbranched alkanes of at least 4 members (excludes halogenated alkanes) is 1. The fourth-order valence-electron chi connectivity index (χ4n) is 1.03. The Balaban J connectivity index is 2.47. The maximum atomic E-state index is 5.65. The summed E-state index contributed by atoms with van der Waals surface area (Å²) in [5.41, 5.74) is 6.33. The van der Waals surface area contributed by atoms with Gasteiger partial charge in [-0.25, -0.2) is 0 Å². The summed E-state index contributed by atoms with van der Waals surface area (Å²) in [6, 6.07) is 5.50. The molecule has 0 bridgehead atoms. The summed E-state index contributed by atoms with van der Waals surface area (Å²) in [4.78, 5) is 0. The van der Waals surface area contributed by atoms with Gasteiger partial charge in [0.2, 0.25) is 0 Å². The quantitative estimate of drug-likeness (QED) is 0.509. The van der Waals surface area contributed by atoms with Gasteiger partial charge >= 0.3 is 0 Å². The molecule has 74 valence electrons. The molecule has 3 heteroatoms. The summed E-state index contributed by atoms with van der Waals surface area (Å²) in [6.07, 6.45) is 6.73. The van der Waals surface area contributed by atoms with Crippen molar-refractivity contribution in [3.63, 3.8) is 0 Å². The van der Waals surface area contributed by atoms with Crippen molar-refractivity contribution in [3.8, 4) is 18.1 Å². The van der Waals surface area contributed by atoms with E-state index in [-0.39, 0.29) is 0 Å². The zero-order chi connectivity index (χ0) is 10.4. The van der Waals surface area contributed by atoms with Crippen molar-refractivity contribution in [1.82, 2.24) is 0 Å². The van der Waals surface area contributed by atoms with E-state index < -0.39 is 0 Å². The predicted molar refractivity (Wildman–Crippen MR) is 62.1 cm³/mol. The van der Waals surface area contributed by atoms with E-state index in [0.717, 1.165) is 23.1 Å². The van der Waals surface area contributed by atoms with Gasteiger partial charge in [-0.05, 0) is 18.6 Å². The molecule has 0 spiro atoms. The maximum Gasteiger partial charge on any atom is 0.122 e. The van der Waals surface area contributed by atoms with Crippen LogP contribution in [0, 0.1) is 12.3 Å². The highest BCUT2D eigenvalue weighted by molar-refractivity contribution is 9.10. The third-order valence-electron chi connectivity index (χ3n) is 1.63. The van der Waals surface area contributed by atoms with Crippen LogP contribution >= 0.6 is 15.9 Å². The van der Waals surface area contributed by atoms with E-state index in [1.807, 2.05) is 12.1 Å². The molecule has 2 N–H and O–H groups in total. The molecule has 0 fully saturated rings. The van der Waals surface area contributed by atoms with Crippen LogP contribution in [-0.2, 0) is 0 Å². The van der Waals surface area contributed by atoms with Crippen LogP contribution in [0.5, 0.6) is 5.75 Å². The largest absolute Gasteiger partial charge is 0.493 e. The smallest absolute Gasteiger partial charge is 0.122 e. The van der Waals surface area contributed by atoms with Gasteiger partial charge in [-0.15, -0.1) is 12.3 Å². The van der Waals surface area contributed by atoms with Crippen molar-refractivity contribution in [2.24, 2.45) is 0 Å². The van der Waals surface area contributed by atoms with Crippen molar-refractivity contribution in [1.29, 1.82) is 0 Å². The molecule has 0 radical (unpaired) electrons. The molecule has 0 saturated heterocycles. The van der Waals surface area contributed by atoms with Crippen LogP contribution in [0.25, 0.3) is 0 Å². The van der Waals surface area contributed by atoms with Gasteiger partial charge in [0.05, 0.1) is 6.61 Å². The minimum Gasteiger partial charge on any atom is -0.493 e. The summed E-state index contributed by atoms with van der Waals surface area (Å²) in [6.45, 7) is 0.625. The van der Waals surface area contributed by atoms with Crippen molar-refractivity contribution in [3.05, 3.63) is 22.7 Å². The molecule has 1 aromatic carbocycles. The van der Waals surface area contributed by atoms with Gasteiger partial charge in [0, 0.05) is 22.6 Å². The van der Waals surface area contributed by atoms with E-state index in [2.05, 4.69) is 21.9 Å². The molecule has 14 heavy (non-hydrogen) atoms. The van der Waals surface area contributed by atoms with Crippen LogP contribution < -0.4 is 10.5 Å². The fourth-order valence-corrected chi connectivity index (χ4v) is 1.52. The minimum atomic E-state index is 0.625. The monoisotopic (exact) mass is 253 g/mol. The zero-order valence-corrected chi connectivity index (χ0v) is 9.38. The summed E-state index contributed by atoms with van der Waals surface area (Å²) in [5, 5.41) is 0. The second kappa shape index (κ2) is 5.56. The van der Waals surface area contributed by atoms with Crippen LogP contribution in [0.2, 0.25) is 0 Å². The lowest BCUT2D eigenvalue weighted by atomic mass is 10.3. The summed E-state index contributed by atoms with van der Waals surface area (Å²) < 4.78 is 6.38. The number of hydrogen-bond donors (Lipinski definition) is 1. The van der Waals surface area contributed by atoms with Crippen molar-refractivity contribution >= 4 is 21.6 Å². The highest BCUT2D eigenvalue weighted by Gasteiger charge is 1.97. The second-order valence-electron chi connectivity index (χ2n) is 2.88. The standard InChI is InChI=1S/C11H12BrNO/c1-2-3-4-5-14-11-7-9(12)6-10(13)8-11/h1,6-8H,3-5,13H2. The molecule has 0 atom stereocenters. The molecule has 0 aromatic heterocycles. The molecule has 0 saturated carbocycles. The molecule has 1 aromatic rings. The molecule has 0 aliphatic rings. The lowest BCUT2D eigenvalue weighted by molar-refractivity contribution is 0.313. The Morgan fingerprint density at radius 3 is 2.86 bits per heavy atom. The average Bonchev–Trinajstić information content (AvgIpc) is 2.11. The zero-order valence-electron chi connectivity index (χ0n) is 7.79. The Bertz CT molecular complexity index is 323. The SMILES string of the molecule is C#CCCCOc1cc(N)cc(Br)c1. The Morgan fingerprint density at radius 2 is 2.21 bits per heavy atom. The average molecular weight is 254 g/mol. The molecule has 0 unspecified atom stereocenters. The summed E-state index contributed by atoms with van der Waals surface area (Å²) in [7, 11) is 0. The first-order chi connectivity index (χ1) is 6.72. The van der Waals surface area contributed by atoms with Crippen LogP contribution in [0.15, 0.2) is 22.7 Å². The van der Waals surface area contributed by atoms with Gasteiger partial charge in [-0.1, -0.05) is 15.9 Å². The number of ether oxygens (including phenoxy) is 1. The molecule has 0 aliphatic heterocycles. The van der Waals surface area contributed by atoms with Gasteiger partial charge in [0.15, 0.2) is 0 Å². The topological polar surface area (TPSA) is 35.2 Å². The van der Waals surface area contributed by atoms with E-state index in [0.29, 0.717) is 12.3 Å². The number of halogens is 1. The molecule has 0 heterocycles. The number of rotatable bonds is 4. The van der Waals surface area contributed by atoms with Crippen molar-refractivity contribution in [2.75, 3.05) is 12.3 Å².